The summed E-state index contributed by atoms with van der Waals surface area (Å²) >= 11 is 0. The summed E-state index contributed by atoms with van der Waals surface area (Å²) in [7, 11) is 0.521. The fourth-order valence-electron chi connectivity index (χ4n) is 1.47. The Kier molecular flexibility index (Phi) is 5.58. The molecule has 0 spiro atoms. The predicted molar refractivity (Wildman–Crippen MR) is 71.1 cm³/mol. The first kappa shape index (κ1) is 14.9. The summed E-state index contributed by atoms with van der Waals surface area (Å²) in [5.41, 5.74) is 0. The quantitative estimate of drug-likeness (QED) is 0.727. The number of hydrogen-bond acceptors (Lipinski definition) is 4. The number of sulfonamides is 1. The van der Waals surface area contributed by atoms with Crippen LogP contribution in [0.5, 0.6) is 5.75 Å². The van der Waals surface area contributed by atoms with Crippen LogP contribution in [0.1, 0.15) is 12.8 Å². The molecule has 0 bridgehead atoms. The highest BCUT2D eigenvalue weighted by Crippen LogP contribution is 2.13. The van der Waals surface area contributed by atoms with Crippen LogP contribution in [0, 0.1) is 0 Å². The number of phenolic OH excluding ortho intramolecular Hbond substituents is 1. The third-order valence-corrected chi connectivity index (χ3v) is 3.95. The molecular formula is C12H20N2O3S. The average Bonchev–Trinajstić information content (AvgIpc) is 2.28. The molecule has 18 heavy (non-hydrogen) atoms. The van der Waals surface area contributed by atoms with Crippen molar-refractivity contribution < 1.29 is 13.5 Å². The number of nitrogens with zero attached hydrogens (tertiary/aromatic N) is 1. The van der Waals surface area contributed by atoms with Gasteiger partial charge in [-0.1, -0.05) is 0 Å². The van der Waals surface area contributed by atoms with Crippen LogP contribution in [0.4, 0.5) is 0 Å². The van der Waals surface area contributed by atoms with E-state index in [-0.39, 0.29) is 10.6 Å². The zero-order valence-electron chi connectivity index (χ0n) is 10.8. The Morgan fingerprint density at radius 1 is 1.17 bits per heavy atom. The van der Waals surface area contributed by atoms with Gasteiger partial charge in [-0.15, -0.1) is 0 Å². The van der Waals surface area contributed by atoms with Gasteiger partial charge in [0, 0.05) is 6.54 Å². The van der Waals surface area contributed by atoms with Crippen LogP contribution >= 0.6 is 0 Å². The molecule has 0 aromatic heterocycles. The van der Waals surface area contributed by atoms with Crippen molar-refractivity contribution in [3.63, 3.8) is 0 Å². The van der Waals surface area contributed by atoms with E-state index in [0.717, 1.165) is 19.4 Å². The molecule has 2 N–H and O–H groups in total. The molecule has 0 fully saturated rings. The second-order valence-electron chi connectivity index (χ2n) is 4.40. The minimum Gasteiger partial charge on any atom is -0.508 e. The Labute approximate surface area is 108 Å². The lowest BCUT2D eigenvalue weighted by molar-refractivity contribution is 0.394. The summed E-state index contributed by atoms with van der Waals surface area (Å²) in [6.45, 7) is 1.37. The van der Waals surface area contributed by atoms with Crippen molar-refractivity contribution in [2.45, 2.75) is 17.7 Å². The molecule has 5 nitrogen and oxygen atoms in total. The number of aromatic hydroxyl groups is 1. The largest absolute Gasteiger partial charge is 0.508 e. The van der Waals surface area contributed by atoms with Gasteiger partial charge in [0.05, 0.1) is 4.90 Å². The van der Waals surface area contributed by atoms with Gasteiger partial charge in [0.15, 0.2) is 0 Å². The minimum absolute atomic E-state index is 0.0555. The lowest BCUT2D eigenvalue weighted by Gasteiger charge is -2.10. The monoisotopic (exact) mass is 272 g/mol. The minimum atomic E-state index is -3.45. The molecule has 1 aromatic rings. The van der Waals surface area contributed by atoms with E-state index in [9.17, 15) is 8.42 Å². The number of phenols is 1. The van der Waals surface area contributed by atoms with E-state index in [1.54, 1.807) is 0 Å². The predicted octanol–water partition coefficient (Wildman–Crippen LogP) is 1.01. The molecule has 0 unspecified atom stereocenters. The van der Waals surface area contributed by atoms with Crippen molar-refractivity contribution in [2.24, 2.45) is 0 Å². The second kappa shape index (κ2) is 6.72. The van der Waals surface area contributed by atoms with Gasteiger partial charge < -0.3 is 10.0 Å². The Morgan fingerprint density at radius 2 is 1.78 bits per heavy atom. The SMILES string of the molecule is CN(C)CCCCNS(=O)(=O)c1ccc(O)cc1. The van der Waals surface area contributed by atoms with Gasteiger partial charge in [-0.05, 0) is 57.7 Å². The summed E-state index contributed by atoms with van der Waals surface area (Å²) in [6, 6.07) is 5.50. The van der Waals surface area contributed by atoms with Gasteiger partial charge in [-0.25, -0.2) is 13.1 Å². The number of benzene rings is 1. The van der Waals surface area contributed by atoms with Gasteiger partial charge in [0.25, 0.3) is 0 Å². The number of unbranched alkanes of at least 4 members (excludes halogenated alkanes) is 1. The van der Waals surface area contributed by atoms with Crippen molar-refractivity contribution in [1.82, 2.24) is 9.62 Å². The normalized spacial score (nSPS) is 11.9. The van der Waals surface area contributed by atoms with Crippen molar-refractivity contribution >= 4 is 10.0 Å². The van der Waals surface area contributed by atoms with Crippen LogP contribution < -0.4 is 4.72 Å². The van der Waals surface area contributed by atoms with Gasteiger partial charge in [-0.3, -0.25) is 0 Å². The van der Waals surface area contributed by atoms with E-state index in [4.69, 9.17) is 5.11 Å². The second-order valence-corrected chi connectivity index (χ2v) is 6.17. The summed E-state index contributed by atoms with van der Waals surface area (Å²) in [6.07, 6.45) is 1.75. The van der Waals surface area contributed by atoms with Crippen molar-refractivity contribution in [1.29, 1.82) is 0 Å². The van der Waals surface area contributed by atoms with Gasteiger partial charge in [0.1, 0.15) is 5.75 Å². The van der Waals surface area contributed by atoms with Crippen molar-refractivity contribution in [3.8, 4) is 5.75 Å². The molecule has 0 radical (unpaired) electrons. The standard InChI is InChI=1S/C12H20N2O3S/c1-14(2)10-4-3-9-13-18(16,17)12-7-5-11(15)6-8-12/h5-8,13,15H,3-4,9-10H2,1-2H3. The lowest BCUT2D eigenvalue weighted by Crippen LogP contribution is -2.25. The Morgan fingerprint density at radius 3 is 2.33 bits per heavy atom. The van der Waals surface area contributed by atoms with Crippen molar-refractivity contribution in [2.75, 3.05) is 27.2 Å². The molecule has 6 heteroatoms. The lowest BCUT2D eigenvalue weighted by atomic mass is 10.3. The first-order valence-electron chi connectivity index (χ1n) is 5.85. The van der Waals surface area contributed by atoms with E-state index < -0.39 is 10.0 Å². The van der Waals surface area contributed by atoms with Crippen LogP contribution in [0.3, 0.4) is 0 Å². The van der Waals surface area contributed by atoms with Gasteiger partial charge >= 0.3 is 0 Å². The fraction of sp³-hybridized carbons (Fsp3) is 0.500. The topological polar surface area (TPSA) is 69.6 Å². The molecule has 0 aliphatic carbocycles. The molecule has 0 aliphatic heterocycles. The number of nitrogens with one attached hydrogen (secondary N) is 1. The van der Waals surface area contributed by atoms with Crippen LogP contribution in [-0.4, -0.2) is 45.6 Å². The Bertz CT molecular complexity index is 455. The Hall–Kier alpha value is -1.11. The maximum atomic E-state index is 11.8. The molecule has 0 saturated carbocycles. The molecule has 0 heterocycles. The maximum Gasteiger partial charge on any atom is 0.240 e. The summed E-state index contributed by atoms with van der Waals surface area (Å²) in [5, 5.41) is 9.10. The average molecular weight is 272 g/mol. The fourth-order valence-corrected chi connectivity index (χ4v) is 2.54. The van der Waals surface area contributed by atoms with E-state index in [1.165, 1.54) is 24.3 Å². The van der Waals surface area contributed by atoms with Crippen molar-refractivity contribution in [3.05, 3.63) is 24.3 Å². The van der Waals surface area contributed by atoms with Crippen LogP contribution in [-0.2, 0) is 10.0 Å². The third-order valence-electron chi connectivity index (χ3n) is 2.47. The van der Waals surface area contributed by atoms with E-state index in [1.807, 2.05) is 14.1 Å². The maximum absolute atomic E-state index is 11.8. The zero-order valence-corrected chi connectivity index (χ0v) is 11.6. The van der Waals surface area contributed by atoms with E-state index in [2.05, 4.69) is 9.62 Å². The van der Waals surface area contributed by atoms with E-state index in [0.29, 0.717) is 6.54 Å². The molecule has 0 aliphatic rings. The van der Waals surface area contributed by atoms with Crippen LogP contribution in [0.25, 0.3) is 0 Å². The molecule has 0 atom stereocenters. The smallest absolute Gasteiger partial charge is 0.240 e. The molecule has 0 saturated heterocycles. The first-order valence-corrected chi connectivity index (χ1v) is 7.33. The number of hydrogen-bond donors (Lipinski definition) is 2. The first-order chi connectivity index (χ1) is 8.42. The highest BCUT2D eigenvalue weighted by molar-refractivity contribution is 7.89. The van der Waals surface area contributed by atoms with Gasteiger partial charge in [0.2, 0.25) is 10.0 Å². The molecule has 1 aromatic carbocycles. The van der Waals surface area contributed by atoms with Crippen LogP contribution in [0.2, 0.25) is 0 Å². The molecule has 102 valence electrons. The highest BCUT2D eigenvalue weighted by atomic mass is 32.2. The molecule has 1 rings (SSSR count). The highest BCUT2D eigenvalue weighted by Gasteiger charge is 2.12. The third kappa shape index (κ3) is 5.03. The molecule has 0 amide bonds. The Balaban J connectivity index is 2.43. The van der Waals surface area contributed by atoms with Gasteiger partial charge in [-0.2, -0.15) is 0 Å². The summed E-state index contributed by atoms with van der Waals surface area (Å²) < 4.78 is 26.2. The summed E-state index contributed by atoms with van der Waals surface area (Å²) in [5.74, 6) is 0.0555. The van der Waals surface area contributed by atoms with E-state index >= 15 is 0 Å². The van der Waals surface area contributed by atoms with Crippen LogP contribution in [0.15, 0.2) is 29.2 Å². The zero-order chi connectivity index (χ0) is 13.6. The summed E-state index contributed by atoms with van der Waals surface area (Å²) in [4.78, 5) is 2.24. The molecular weight excluding hydrogens is 252 g/mol. The number of rotatable bonds is 7.